The van der Waals surface area contributed by atoms with E-state index in [-0.39, 0.29) is 0 Å². The van der Waals surface area contributed by atoms with Gasteiger partial charge in [-0.3, -0.25) is 0 Å². The third-order valence-corrected chi connectivity index (χ3v) is 2.82. The van der Waals surface area contributed by atoms with Gasteiger partial charge >= 0.3 is 0 Å². The first-order chi connectivity index (χ1) is 7.15. The summed E-state index contributed by atoms with van der Waals surface area (Å²) in [6, 6.07) is 4.14. The second-order valence-corrected chi connectivity index (χ2v) is 4.40. The molecule has 0 aliphatic heterocycles. The molecule has 0 aromatic heterocycles. The Hall–Kier alpha value is -0.980. The molecule has 84 valence electrons. The number of unbranched alkanes of at least 4 members (excludes halogenated alkanes) is 3. The normalized spacial score (nSPS) is 10.6. The minimum absolute atomic E-state index is 0.497. The Balaban J connectivity index is 2.60. The van der Waals surface area contributed by atoms with Crippen LogP contribution in [-0.4, -0.2) is 5.11 Å². The third-order valence-electron chi connectivity index (χ3n) is 2.82. The molecule has 0 saturated heterocycles. The molecule has 0 radical (unpaired) electrons. The molecule has 0 aliphatic carbocycles. The second kappa shape index (κ2) is 5.79. The summed E-state index contributed by atoms with van der Waals surface area (Å²) < 4.78 is 0. The van der Waals surface area contributed by atoms with E-state index in [0.717, 1.165) is 17.5 Å². The van der Waals surface area contributed by atoms with Gasteiger partial charge in [0, 0.05) is 0 Å². The van der Waals surface area contributed by atoms with Crippen LogP contribution in [-0.2, 0) is 6.42 Å². The van der Waals surface area contributed by atoms with Crippen molar-refractivity contribution in [3.8, 4) is 5.75 Å². The maximum atomic E-state index is 9.88. The van der Waals surface area contributed by atoms with Gasteiger partial charge in [0.05, 0.1) is 0 Å². The van der Waals surface area contributed by atoms with Crippen molar-refractivity contribution >= 4 is 0 Å². The van der Waals surface area contributed by atoms with Crippen LogP contribution in [0.5, 0.6) is 5.75 Å². The molecule has 0 heterocycles. The molecule has 0 aliphatic rings. The summed E-state index contributed by atoms with van der Waals surface area (Å²) in [6.45, 7) is 6.27. The molecule has 0 unspecified atom stereocenters. The van der Waals surface area contributed by atoms with Gasteiger partial charge in [0.1, 0.15) is 5.75 Å². The SMILES string of the molecule is CCCCCCc1cc(C)cc(C)c1O. The number of phenolic OH excluding ortho intramolecular Hbond substituents is 1. The molecule has 0 atom stereocenters. The number of rotatable bonds is 5. The highest BCUT2D eigenvalue weighted by Crippen LogP contribution is 2.25. The van der Waals surface area contributed by atoms with Crippen LogP contribution < -0.4 is 0 Å². The topological polar surface area (TPSA) is 20.2 Å². The van der Waals surface area contributed by atoms with E-state index in [0.29, 0.717) is 5.75 Å². The molecular formula is C14H22O. The van der Waals surface area contributed by atoms with E-state index in [9.17, 15) is 5.11 Å². The fourth-order valence-corrected chi connectivity index (χ4v) is 1.98. The van der Waals surface area contributed by atoms with Crippen molar-refractivity contribution in [2.75, 3.05) is 0 Å². The van der Waals surface area contributed by atoms with E-state index in [1.807, 2.05) is 13.0 Å². The van der Waals surface area contributed by atoms with Crippen molar-refractivity contribution in [2.24, 2.45) is 0 Å². The summed E-state index contributed by atoms with van der Waals surface area (Å²) in [7, 11) is 0. The number of phenols is 1. The highest BCUT2D eigenvalue weighted by atomic mass is 16.3. The predicted molar refractivity (Wildman–Crippen MR) is 65.4 cm³/mol. The molecule has 0 bridgehead atoms. The number of aryl methyl sites for hydroxylation is 3. The Kier molecular flexibility index (Phi) is 4.67. The van der Waals surface area contributed by atoms with Crippen LogP contribution in [0.15, 0.2) is 12.1 Å². The largest absolute Gasteiger partial charge is 0.507 e. The summed E-state index contributed by atoms with van der Waals surface area (Å²) in [5.41, 5.74) is 3.36. The monoisotopic (exact) mass is 206 g/mol. The van der Waals surface area contributed by atoms with E-state index < -0.39 is 0 Å². The lowest BCUT2D eigenvalue weighted by Gasteiger charge is -2.08. The van der Waals surface area contributed by atoms with Crippen molar-refractivity contribution < 1.29 is 5.11 Å². The van der Waals surface area contributed by atoms with Gasteiger partial charge in [-0.15, -0.1) is 0 Å². The summed E-state index contributed by atoms with van der Waals surface area (Å²) in [5, 5.41) is 9.88. The molecule has 0 fully saturated rings. The third kappa shape index (κ3) is 3.58. The van der Waals surface area contributed by atoms with E-state index >= 15 is 0 Å². The van der Waals surface area contributed by atoms with E-state index in [1.165, 1.54) is 31.2 Å². The van der Waals surface area contributed by atoms with Crippen molar-refractivity contribution in [3.63, 3.8) is 0 Å². The molecule has 1 aromatic carbocycles. The predicted octanol–water partition coefficient (Wildman–Crippen LogP) is 4.13. The molecule has 0 saturated carbocycles. The van der Waals surface area contributed by atoms with Crippen molar-refractivity contribution in [3.05, 3.63) is 28.8 Å². The zero-order valence-corrected chi connectivity index (χ0v) is 10.1. The lowest BCUT2D eigenvalue weighted by atomic mass is 10.0. The van der Waals surface area contributed by atoms with Crippen molar-refractivity contribution in [2.45, 2.75) is 52.9 Å². The fraction of sp³-hybridized carbons (Fsp3) is 0.571. The maximum Gasteiger partial charge on any atom is 0.121 e. The molecule has 15 heavy (non-hydrogen) atoms. The zero-order chi connectivity index (χ0) is 11.3. The smallest absolute Gasteiger partial charge is 0.121 e. The first kappa shape index (κ1) is 12.1. The number of hydrogen-bond acceptors (Lipinski definition) is 1. The van der Waals surface area contributed by atoms with Gasteiger partial charge in [0.25, 0.3) is 0 Å². The second-order valence-electron chi connectivity index (χ2n) is 4.40. The maximum absolute atomic E-state index is 9.88. The van der Waals surface area contributed by atoms with Crippen LogP contribution in [0.4, 0.5) is 0 Å². The number of aromatic hydroxyl groups is 1. The Morgan fingerprint density at radius 1 is 1.07 bits per heavy atom. The number of benzene rings is 1. The molecule has 1 nitrogen and oxygen atoms in total. The summed E-state index contributed by atoms with van der Waals surface area (Å²) in [5.74, 6) is 0.497. The average molecular weight is 206 g/mol. The Morgan fingerprint density at radius 2 is 1.80 bits per heavy atom. The van der Waals surface area contributed by atoms with Crippen LogP contribution in [0.2, 0.25) is 0 Å². The summed E-state index contributed by atoms with van der Waals surface area (Å²) in [4.78, 5) is 0. The Bertz CT molecular complexity index is 315. The van der Waals surface area contributed by atoms with Crippen LogP contribution in [0.1, 0.15) is 49.3 Å². The Labute approximate surface area is 93.1 Å². The van der Waals surface area contributed by atoms with Gasteiger partial charge in [-0.05, 0) is 37.8 Å². The van der Waals surface area contributed by atoms with Gasteiger partial charge in [-0.1, -0.05) is 43.9 Å². The number of hydrogen-bond donors (Lipinski definition) is 1. The van der Waals surface area contributed by atoms with Crippen LogP contribution in [0, 0.1) is 13.8 Å². The summed E-state index contributed by atoms with van der Waals surface area (Å²) in [6.07, 6.45) is 6.02. The van der Waals surface area contributed by atoms with Crippen molar-refractivity contribution in [1.29, 1.82) is 0 Å². The fourth-order valence-electron chi connectivity index (χ4n) is 1.98. The van der Waals surface area contributed by atoms with E-state index in [1.54, 1.807) is 0 Å². The van der Waals surface area contributed by atoms with Gasteiger partial charge in [0.15, 0.2) is 0 Å². The Morgan fingerprint density at radius 3 is 2.47 bits per heavy atom. The highest BCUT2D eigenvalue weighted by Gasteiger charge is 2.04. The van der Waals surface area contributed by atoms with Gasteiger partial charge < -0.3 is 5.11 Å². The lowest BCUT2D eigenvalue weighted by molar-refractivity contribution is 0.462. The van der Waals surface area contributed by atoms with E-state index in [2.05, 4.69) is 19.9 Å². The lowest BCUT2D eigenvalue weighted by Crippen LogP contribution is -1.90. The molecule has 0 spiro atoms. The van der Waals surface area contributed by atoms with Gasteiger partial charge in [-0.2, -0.15) is 0 Å². The minimum atomic E-state index is 0.497. The molecular weight excluding hydrogens is 184 g/mol. The first-order valence-corrected chi connectivity index (χ1v) is 5.94. The van der Waals surface area contributed by atoms with Gasteiger partial charge in [-0.25, -0.2) is 0 Å². The molecule has 1 heteroatoms. The molecule has 1 N–H and O–H groups in total. The molecule has 1 aromatic rings. The highest BCUT2D eigenvalue weighted by molar-refractivity contribution is 5.42. The first-order valence-electron chi connectivity index (χ1n) is 5.94. The molecule has 1 rings (SSSR count). The zero-order valence-electron chi connectivity index (χ0n) is 10.1. The average Bonchev–Trinajstić information content (AvgIpc) is 2.19. The standard InChI is InChI=1S/C14H22O/c1-4-5-6-7-8-13-10-11(2)9-12(3)14(13)15/h9-10,15H,4-8H2,1-3H3. The van der Waals surface area contributed by atoms with Gasteiger partial charge in [0.2, 0.25) is 0 Å². The van der Waals surface area contributed by atoms with Crippen LogP contribution in [0.25, 0.3) is 0 Å². The van der Waals surface area contributed by atoms with Crippen LogP contribution in [0.3, 0.4) is 0 Å². The van der Waals surface area contributed by atoms with Crippen LogP contribution >= 0.6 is 0 Å². The van der Waals surface area contributed by atoms with Crippen molar-refractivity contribution in [1.82, 2.24) is 0 Å². The summed E-state index contributed by atoms with van der Waals surface area (Å²) >= 11 is 0. The minimum Gasteiger partial charge on any atom is -0.507 e. The quantitative estimate of drug-likeness (QED) is 0.718. The van der Waals surface area contributed by atoms with E-state index in [4.69, 9.17) is 0 Å². The molecule has 0 amide bonds.